The van der Waals surface area contributed by atoms with Gasteiger partial charge in [-0.1, -0.05) is 48.5 Å². The summed E-state index contributed by atoms with van der Waals surface area (Å²) in [7, 11) is 3.87. The molecule has 172 valence electrons. The Morgan fingerprint density at radius 3 is 2.61 bits per heavy atom. The van der Waals surface area contributed by atoms with Crippen molar-refractivity contribution in [3.63, 3.8) is 0 Å². The molecule has 0 N–H and O–H groups in total. The van der Waals surface area contributed by atoms with Gasteiger partial charge in [0.1, 0.15) is 5.78 Å². The van der Waals surface area contributed by atoms with Crippen molar-refractivity contribution in [1.29, 1.82) is 0 Å². The molecule has 2 fully saturated rings. The fourth-order valence-electron chi connectivity index (χ4n) is 7.10. The van der Waals surface area contributed by atoms with Crippen molar-refractivity contribution >= 4 is 16.7 Å². The number of methoxy groups -OCH3 is 1. The van der Waals surface area contributed by atoms with E-state index in [2.05, 4.69) is 71.1 Å². The zero-order valence-electron chi connectivity index (χ0n) is 19.6. The molecule has 0 aliphatic carbocycles. The summed E-state index contributed by atoms with van der Waals surface area (Å²) < 4.78 is 14.2. The Balaban J connectivity index is 1.49. The van der Waals surface area contributed by atoms with Crippen molar-refractivity contribution < 1.29 is 14.3 Å². The third-order valence-corrected chi connectivity index (χ3v) is 8.47. The standard InChI is InChI=1S/C28H32N2O3/c1-17(31)26-20-13-25-27-21(19-11-7-8-12-23(19)29(27)2)14-24(22(20)16-33-28(26)32-3)30(25)15-18-9-5-4-6-10-18/h4-12,20,22,24-26,28H,13-16H2,1-3H3/t20-,22-,24+,25+,26?,28+/m1/s1. The molecule has 0 saturated carbocycles. The molecule has 33 heavy (non-hydrogen) atoms. The molecule has 6 atom stereocenters. The molecule has 0 radical (unpaired) electrons. The predicted octanol–water partition coefficient (Wildman–Crippen LogP) is 4.49. The van der Waals surface area contributed by atoms with Crippen molar-refractivity contribution in [2.45, 2.75) is 44.7 Å². The highest BCUT2D eigenvalue weighted by Gasteiger charge is 2.55. The smallest absolute Gasteiger partial charge is 0.167 e. The number of benzene rings is 2. The minimum absolute atomic E-state index is 0.184. The number of carbonyl (C=O) groups is 1. The molecule has 5 nitrogen and oxygen atoms in total. The number of Topliss-reactive ketones (excluding diaryl/α,β-unsaturated/α-hetero) is 1. The SMILES string of the molecule is CO[C@H]1OC[C@@H]2[C@@H](C[C@H]3c4c(c5ccccc5n4C)C[C@@H]2N3Cc2ccccc2)C1C(C)=O. The number of aryl methyl sites for hydroxylation is 1. The summed E-state index contributed by atoms with van der Waals surface area (Å²) in [4.78, 5) is 15.5. The van der Waals surface area contributed by atoms with E-state index >= 15 is 0 Å². The van der Waals surface area contributed by atoms with Gasteiger partial charge >= 0.3 is 0 Å². The average Bonchev–Trinajstić information content (AvgIpc) is 3.11. The van der Waals surface area contributed by atoms with Gasteiger partial charge in [0.15, 0.2) is 6.29 Å². The maximum absolute atomic E-state index is 12.8. The first-order chi connectivity index (χ1) is 16.1. The maximum atomic E-state index is 12.8. The fraction of sp³-hybridized carbons (Fsp3) is 0.464. The Labute approximate surface area is 195 Å². The number of rotatable bonds is 4. The predicted molar refractivity (Wildman–Crippen MR) is 128 cm³/mol. The van der Waals surface area contributed by atoms with Crippen LogP contribution in [0.2, 0.25) is 0 Å². The molecule has 1 unspecified atom stereocenters. The van der Waals surface area contributed by atoms with Gasteiger partial charge in [0.2, 0.25) is 0 Å². The number of ether oxygens (including phenoxy) is 2. The van der Waals surface area contributed by atoms with Gasteiger partial charge in [0.25, 0.3) is 0 Å². The number of aromatic nitrogens is 1. The molecule has 0 amide bonds. The van der Waals surface area contributed by atoms with Crippen LogP contribution < -0.4 is 0 Å². The Morgan fingerprint density at radius 2 is 1.85 bits per heavy atom. The van der Waals surface area contributed by atoms with E-state index in [0.29, 0.717) is 18.6 Å². The van der Waals surface area contributed by atoms with Gasteiger partial charge in [-0.15, -0.1) is 0 Å². The summed E-state index contributed by atoms with van der Waals surface area (Å²) in [6.07, 6.45) is 1.52. The topological polar surface area (TPSA) is 43.7 Å². The van der Waals surface area contributed by atoms with Gasteiger partial charge in [-0.25, -0.2) is 0 Å². The van der Waals surface area contributed by atoms with Gasteiger partial charge in [-0.2, -0.15) is 0 Å². The Hall–Kier alpha value is -2.47. The van der Waals surface area contributed by atoms with E-state index in [-0.39, 0.29) is 23.7 Å². The van der Waals surface area contributed by atoms with Crippen LogP contribution in [0.1, 0.15) is 36.2 Å². The molecule has 3 aromatic rings. The number of ketones is 1. The number of carbonyl (C=O) groups excluding carboxylic acids is 1. The van der Waals surface area contributed by atoms with Crippen LogP contribution >= 0.6 is 0 Å². The second-order valence-corrected chi connectivity index (χ2v) is 10.0. The Morgan fingerprint density at radius 1 is 1.09 bits per heavy atom. The number of hydrogen-bond donors (Lipinski definition) is 0. The summed E-state index contributed by atoms with van der Waals surface area (Å²) in [6.45, 7) is 3.27. The first kappa shape index (κ1) is 21.1. The Kier molecular flexibility index (Phi) is 5.17. The maximum Gasteiger partial charge on any atom is 0.167 e. The minimum atomic E-state index is -0.433. The van der Waals surface area contributed by atoms with Gasteiger partial charge < -0.3 is 14.0 Å². The molecule has 2 bridgehead atoms. The molecule has 3 aliphatic rings. The highest BCUT2D eigenvalue weighted by atomic mass is 16.7. The molecule has 4 heterocycles. The van der Waals surface area contributed by atoms with Crippen LogP contribution in [0.15, 0.2) is 54.6 Å². The summed E-state index contributed by atoms with van der Waals surface area (Å²) in [6, 6.07) is 20.2. The molecular weight excluding hydrogens is 412 g/mol. The van der Waals surface area contributed by atoms with Gasteiger partial charge in [0.05, 0.1) is 18.6 Å². The van der Waals surface area contributed by atoms with Crippen LogP contribution in [-0.2, 0) is 34.3 Å². The van der Waals surface area contributed by atoms with Gasteiger partial charge in [-0.3, -0.25) is 9.69 Å². The lowest BCUT2D eigenvalue weighted by Gasteiger charge is -2.57. The van der Waals surface area contributed by atoms with Crippen molar-refractivity contribution in [3.05, 3.63) is 71.4 Å². The zero-order valence-corrected chi connectivity index (χ0v) is 19.6. The van der Waals surface area contributed by atoms with Crippen molar-refractivity contribution in [3.8, 4) is 0 Å². The molecule has 2 aromatic carbocycles. The van der Waals surface area contributed by atoms with Gasteiger partial charge in [0, 0.05) is 49.3 Å². The molecular formula is C28H32N2O3. The third kappa shape index (κ3) is 3.21. The van der Waals surface area contributed by atoms with Crippen molar-refractivity contribution in [2.75, 3.05) is 13.7 Å². The van der Waals surface area contributed by atoms with Crippen molar-refractivity contribution in [2.24, 2.45) is 24.8 Å². The lowest BCUT2D eigenvalue weighted by molar-refractivity contribution is -0.232. The summed E-state index contributed by atoms with van der Waals surface area (Å²) in [5.41, 5.74) is 5.54. The lowest BCUT2D eigenvalue weighted by Crippen LogP contribution is -2.61. The van der Waals surface area contributed by atoms with E-state index in [1.165, 1.54) is 27.7 Å². The summed E-state index contributed by atoms with van der Waals surface area (Å²) >= 11 is 0. The number of para-hydroxylation sites is 1. The van der Waals surface area contributed by atoms with Crippen LogP contribution in [0.3, 0.4) is 0 Å². The molecule has 2 saturated heterocycles. The fourth-order valence-corrected chi connectivity index (χ4v) is 7.10. The average molecular weight is 445 g/mol. The number of hydrogen-bond acceptors (Lipinski definition) is 4. The van der Waals surface area contributed by atoms with Crippen LogP contribution in [0, 0.1) is 17.8 Å². The van der Waals surface area contributed by atoms with Crippen LogP contribution in [-0.4, -0.2) is 41.3 Å². The second kappa shape index (κ2) is 8.08. The van der Waals surface area contributed by atoms with E-state index < -0.39 is 6.29 Å². The monoisotopic (exact) mass is 444 g/mol. The highest BCUT2D eigenvalue weighted by Crippen LogP contribution is 2.53. The second-order valence-electron chi connectivity index (χ2n) is 10.0. The third-order valence-electron chi connectivity index (χ3n) is 8.47. The molecule has 0 spiro atoms. The van der Waals surface area contributed by atoms with E-state index in [0.717, 1.165) is 19.4 Å². The zero-order chi connectivity index (χ0) is 22.7. The quantitative estimate of drug-likeness (QED) is 0.595. The molecule has 6 rings (SSSR count). The normalized spacial score (nSPS) is 31.2. The number of nitrogens with zero attached hydrogens (tertiary/aromatic N) is 2. The molecule has 5 heteroatoms. The largest absolute Gasteiger partial charge is 0.355 e. The van der Waals surface area contributed by atoms with Crippen LogP contribution in [0.25, 0.3) is 10.9 Å². The lowest BCUT2D eigenvalue weighted by atomic mass is 9.64. The summed E-state index contributed by atoms with van der Waals surface area (Å²) in [5.74, 6) is 0.573. The van der Waals surface area contributed by atoms with E-state index in [1.807, 2.05) is 0 Å². The highest BCUT2D eigenvalue weighted by molar-refractivity contribution is 5.86. The van der Waals surface area contributed by atoms with Crippen molar-refractivity contribution in [1.82, 2.24) is 9.47 Å². The first-order valence-corrected chi connectivity index (χ1v) is 12.1. The molecule has 3 aliphatic heterocycles. The Bertz CT molecular complexity index is 1190. The van der Waals surface area contributed by atoms with Crippen LogP contribution in [0.4, 0.5) is 0 Å². The first-order valence-electron chi connectivity index (χ1n) is 12.1. The summed E-state index contributed by atoms with van der Waals surface area (Å²) in [5, 5.41) is 1.37. The van der Waals surface area contributed by atoms with E-state index in [4.69, 9.17) is 9.47 Å². The van der Waals surface area contributed by atoms with Crippen LogP contribution in [0.5, 0.6) is 0 Å². The number of fused-ring (bicyclic) bond motifs is 8. The molecule has 1 aromatic heterocycles. The van der Waals surface area contributed by atoms with Gasteiger partial charge in [-0.05, 0) is 42.9 Å². The number of piperidine rings is 1. The minimum Gasteiger partial charge on any atom is -0.355 e. The van der Waals surface area contributed by atoms with E-state index in [9.17, 15) is 4.79 Å². The van der Waals surface area contributed by atoms with E-state index in [1.54, 1.807) is 14.0 Å².